The van der Waals surface area contributed by atoms with Gasteiger partial charge in [0.1, 0.15) is 30.1 Å². The van der Waals surface area contributed by atoms with Crippen molar-refractivity contribution in [3.05, 3.63) is 78.0 Å². The lowest BCUT2D eigenvalue weighted by Crippen LogP contribution is -2.16. The first-order chi connectivity index (χ1) is 12.5. The van der Waals surface area contributed by atoms with E-state index in [0.717, 1.165) is 5.75 Å². The van der Waals surface area contributed by atoms with Crippen molar-refractivity contribution in [2.75, 3.05) is 0 Å². The summed E-state index contributed by atoms with van der Waals surface area (Å²) in [6.07, 6.45) is 0.0766. The highest BCUT2D eigenvalue weighted by atomic mass is 19.4. The highest BCUT2D eigenvalue weighted by Crippen LogP contribution is 2.23. The van der Waals surface area contributed by atoms with Gasteiger partial charge in [0.25, 0.3) is 0 Å². The molecule has 134 valence electrons. The van der Waals surface area contributed by atoms with Crippen molar-refractivity contribution >= 4 is 12.2 Å². The fourth-order valence-corrected chi connectivity index (χ4v) is 2.09. The zero-order valence-electron chi connectivity index (χ0n) is 13.4. The molecule has 0 aliphatic carbocycles. The lowest BCUT2D eigenvalue weighted by molar-refractivity contribution is -0.274. The molecule has 0 saturated heterocycles. The van der Waals surface area contributed by atoms with Gasteiger partial charge in [-0.1, -0.05) is 30.3 Å². The van der Waals surface area contributed by atoms with Crippen LogP contribution < -0.4 is 9.47 Å². The maximum Gasteiger partial charge on any atom is 0.573 e. The van der Waals surface area contributed by atoms with Crippen molar-refractivity contribution in [1.29, 1.82) is 0 Å². The van der Waals surface area contributed by atoms with E-state index in [2.05, 4.69) is 9.72 Å². The maximum absolute atomic E-state index is 12.1. The number of hydrogen-bond acceptors (Lipinski definition) is 4. The van der Waals surface area contributed by atoms with Crippen molar-refractivity contribution < 1.29 is 27.1 Å². The molecule has 0 amide bonds. The SMILES string of the molecule is FC(F)(F)Oc1ccc(/C=C/c2nc(COc3ccccc3)co2)cc1. The lowest BCUT2D eigenvalue weighted by Gasteiger charge is -2.08. The normalized spacial score (nSPS) is 11.7. The van der Waals surface area contributed by atoms with Crippen LogP contribution >= 0.6 is 0 Å². The van der Waals surface area contributed by atoms with Crippen LogP contribution in [-0.4, -0.2) is 11.3 Å². The standard InChI is InChI=1S/C19H14F3NO3/c20-19(21,22)26-17-9-6-14(7-10-17)8-11-18-23-15(13-25-18)12-24-16-4-2-1-3-5-16/h1-11,13H,12H2/b11-8+. The predicted molar refractivity (Wildman–Crippen MR) is 89.3 cm³/mol. The van der Waals surface area contributed by atoms with Crippen molar-refractivity contribution in [1.82, 2.24) is 4.98 Å². The van der Waals surface area contributed by atoms with E-state index in [-0.39, 0.29) is 12.4 Å². The van der Waals surface area contributed by atoms with Crippen LogP contribution in [-0.2, 0) is 6.61 Å². The van der Waals surface area contributed by atoms with Crippen LogP contribution in [0.1, 0.15) is 17.1 Å². The molecule has 2 aromatic carbocycles. The van der Waals surface area contributed by atoms with Crippen molar-refractivity contribution in [2.24, 2.45) is 0 Å². The van der Waals surface area contributed by atoms with Crippen LogP contribution in [0.15, 0.2) is 65.3 Å². The second-order valence-electron chi connectivity index (χ2n) is 5.23. The van der Waals surface area contributed by atoms with Crippen LogP contribution in [0.3, 0.4) is 0 Å². The first-order valence-electron chi connectivity index (χ1n) is 7.64. The van der Waals surface area contributed by atoms with Crippen LogP contribution in [0.2, 0.25) is 0 Å². The first-order valence-corrected chi connectivity index (χ1v) is 7.64. The zero-order valence-corrected chi connectivity index (χ0v) is 13.4. The second-order valence-corrected chi connectivity index (χ2v) is 5.23. The molecular weight excluding hydrogens is 347 g/mol. The average molecular weight is 361 g/mol. The van der Waals surface area contributed by atoms with Crippen molar-refractivity contribution in [3.63, 3.8) is 0 Å². The summed E-state index contributed by atoms with van der Waals surface area (Å²) in [6.45, 7) is 0.269. The summed E-state index contributed by atoms with van der Waals surface area (Å²) in [5, 5.41) is 0. The van der Waals surface area contributed by atoms with Gasteiger partial charge in [0.2, 0.25) is 5.89 Å². The molecule has 0 fully saturated rings. The van der Waals surface area contributed by atoms with Gasteiger partial charge in [0.05, 0.1) is 0 Å². The first kappa shape index (κ1) is 17.6. The monoisotopic (exact) mass is 361 g/mol. The molecule has 1 heterocycles. The third-order valence-corrected chi connectivity index (χ3v) is 3.23. The molecule has 0 atom stereocenters. The summed E-state index contributed by atoms with van der Waals surface area (Å²) >= 11 is 0. The Morgan fingerprint density at radius 3 is 2.35 bits per heavy atom. The zero-order chi connectivity index (χ0) is 18.4. The largest absolute Gasteiger partial charge is 0.573 e. The fourth-order valence-electron chi connectivity index (χ4n) is 2.09. The van der Waals surface area contributed by atoms with Crippen LogP contribution in [0, 0.1) is 0 Å². The number of ether oxygens (including phenoxy) is 2. The summed E-state index contributed by atoms with van der Waals surface area (Å²) in [6, 6.07) is 14.8. The Bertz CT molecular complexity index is 856. The molecule has 26 heavy (non-hydrogen) atoms. The highest BCUT2D eigenvalue weighted by Gasteiger charge is 2.30. The van der Waals surface area contributed by atoms with Gasteiger partial charge in [-0.15, -0.1) is 13.2 Å². The van der Waals surface area contributed by atoms with Gasteiger partial charge >= 0.3 is 6.36 Å². The van der Waals surface area contributed by atoms with Crippen molar-refractivity contribution in [2.45, 2.75) is 13.0 Å². The highest BCUT2D eigenvalue weighted by molar-refractivity contribution is 5.66. The third kappa shape index (κ3) is 5.41. The average Bonchev–Trinajstić information content (AvgIpc) is 3.07. The van der Waals surface area contributed by atoms with Gasteiger partial charge in [0, 0.05) is 6.08 Å². The third-order valence-electron chi connectivity index (χ3n) is 3.23. The Hall–Kier alpha value is -3.22. The van der Waals surface area contributed by atoms with E-state index in [0.29, 0.717) is 17.1 Å². The van der Waals surface area contributed by atoms with Gasteiger partial charge < -0.3 is 13.9 Å². The molecule has 4 nitrogen and oxygen atoms in total. The topological polar surface area (TPSA) is 44.5 Å². The van der Waals surface area contributed by atoms with Crippen LogP contribution in [0.5, 0.6) is 11.5 Å². The number of aromatic nitrogens is 1. The maximum atomic E-state index is 12.1. The Balaban J connectivity index is 1.56. The number of para-hydroxylation sites is 1. The number of rotatable bonds is 6. The van der Waals surface area contributed by atoms with E-state index in [4.69, 9.17) is 9.15 Å². The van der Waals surface area contributed by atoms with E-state index in [1.807, 2.05) is 30.3 Å². The van der Waals surface area contributed by atoms with Gasteiger partial charge in [0.15, 0.2) is 0 Å². The minimum atomic E-state index is -4.70. The summed E-state index contributed by atoms with van der Waals surface area (Å²) in [4.78, 5) is 4.25. The Labute approximate surface area is 147 Å². The van der Waals surface area contributed by atoms with E-state index >= 15 is 0 Å². The number of alkyl halides is 3. The molecule has 0 N–H and O–H groups in total. The Kier molecular flexibility index (Phi) is 5.26. The van der Waals surface area contributed by atoms with Gasteiger partial charge in [-0.3, -0.25) is 0 Å². The molecular formula is C19H14F3NO3. The molecule has 0 aliphatic heterocycles. The number of hydrogen-bond donors (Lipinski definition) is 0. The molecule has 0 radical (unpaired) electrons. The van der Waals surface area contributed by atoms with E-state index in [9.17, 15) is 13.2 Å². The fraction of sp³-hybridized carbons (Fsp3) is 0.105. The number of halogens is 3. The summed E-state index contributed by atoms with van der Waals surface area (Å²) in [7, 11) is 0. The molecule has 3 rings (SSSR count). The second kappa shape index (κ2) is 7.77. The molecule has 7 heteroatoms. The van der Waals surface area contributed by atoms with Crippen LogP contribution in [0.25, 0.3) is 12.2 Å². The van der Waals surface area contributed by atoms with Gasteiger partial charge in [-0.2, -0.15) is 0 Å². The summed E-state index contributed by atoms with van der Waals surface area (Å²) in [5.74, 6) is 0.826. The number of oxazole rings is 1. The Morgan fingerprint density at radius 2 is 1.65 bits per heavy atom. The van der Waals surface area contributed by atoms with E-state index in [1.165, 1.54) is 30.5 Å². The summed E-state index contributed by atoms with van der Waals surface area (Å²) in [5.41, 5.74) is 1.31. The number of nitrogens with zero attached hydrogens (tertiary/aromatic N) is 1. The molecule has 3 aromatic rings. The molecule has 1 aromatic heterocycles. The number of benzene rings is 2. The predicted octanol–water partition coefficient (Wildman–Crippen LogP) is 5.32. The minimum absolute atomic E-state index is 0.269. The van der Waals surface area contributed by atoms with Gasteiger partial charge in [-0.25, -0.2) is 4.98 Å². The van der Waals surface area contributed by atoms with E-state index in [1.54, 1.807) is 12.2 Å². The van der Waals surface area contributed by atoms with Gasteiger partial charge in [-0.05, 0) is 35.9 Å². The molecule has 0 saturated carbocycles. The molecule has 0 unspecified atom stereocenters. The minimum Gasteiger partial charge on any atom is -0.487 e. The van der Waals surface area contributed by atoms with Crippen molar-refractivity contribution in [3.8, 4) is 11.5 Å². The Morgan fingerprint density at radius 1 is 0.923 bits per heavy atom. The molecule has 0 bridgehead atoms. The lowest BCUT2D eigenvalue weighted by atomic mass is 10.2. The quantitative estimate of drug-likeness (QED) is 0.596. The smallest absolute Gasteiger partial charge is 0.487 e. The van der Waals surface area contributed by atoms with E-state index < -0.39 is 6.36 Å². The summed E-state index contributed by atoms with van der Waals surface area (Å²) < 4.78 is 51.1. The molecule has 0 aliphatic rings. The van der Waals surface area contributed by atoms with Crippen LogP contribution in [0.4, 0.5) is 13.2 Å². The molecule has 0 spiro atoms.